The molecule has 2 aromatic carbocycles. The minimum absolute atomic E-state index is 0.0143. The summed E-state index contributed by atoms with van der Waals surface area (Å²) < 4.78 is 0.880. The molecule has 0 radical (unpaired) electrons. The van der Waals surface area contributed by atoms with Crippen LogP contribution in [0.3, 0.4) is 0 Å². The third kappa shape index (κ3) is 3.14. The Hall–Kier alpha value is -0.830. The van der Waals surface area contributed by atoms with Crippen molar-refractivity contribution in [2.75, 3.05) is 0 Å². The number of halogens is 3. The molecule has 0 aromatic heterocycles. The second-order valence-electron chi connectivity index (χ2n) is 3.82. The molecule has 0 amide bonds. The molecule has 0 aliphatic heterocycles. The summed E-state index contributed by atoms with van der Waals surface area (Å²) >= 11 is 15.3. The van der Waals surface area contributed by atoms with E-state index in [0.29, 0.717) is 15.6 Å². The van der Waals surface area contributed by atoms with E-state index in [9.17, 15) is 4.79 Å². The molecule has 0 aliphatic carbocycles. The summed E-state index contributed by atoms with van der Waals surface area (Å²) in [5, 5.41) is 0.915. The molecular weight excluding hydrogens is 335 g/mol. The molecule has 0 fully saturated rings. The zero-order valence-corrected chi connectivity index (χ0v) is 12.4. The van der Waals surface area contributed by atoms with Crippen molar-refractivity contribution in [1.82, 2.24) is 0 Å². The van der Waals surface area contributed by atoms with Crippen LogP contribution in [0.1, 0.15) is 15.9 Å². The molecule has 1 nitrogen and oxygen atoms in total. The van der Waals surface area contributed by atoms with Gasteiger partial charge in [0.25, 0.3) is 0 Å². The lowest BCUT2D eigenvalue weighted by Gasteiger charge is -2.05. The van der Waals surface area contributed by atoms with Crippen LogP contribution in [0.4, 0.5) is 0 Å². The summed E-state index contributed by atoms with van der Waals surface area (Å²) in [6, 6.07) is 12.6. The van der Waals surface area contributed by atoms with Crippen LogP contribution in [0.25, 0.3) is 0 Å². The first-order valence-corrected chi connectivity index (χ1v) is 6.84. The Kier molecular flexibility index (Phi) is 4.44. The highest BCUT2D eigenvalue weighted by atomic mass is 79.9. The van der Waals surface area contributed by atoms with E-state index in [1.54, 1.807) is 24.3 Å². The van der Waals surface area contributed by atoms with E-state index >= 15 is 0 Å². The molecule has 2 aromatic rings. The van der Waals surface area contributed by atoms with Crippen LogP contribution in [-0.4, -0.2) is 5.78 Å². The number of Topliss-reactive ketones (excluding diaryl/α,β-unsaturated/α-hetero) is 1. The Morgan fingerprint density at radius 2 is 1.83 bits per heavy atom. The first-order valence-electron chi connectivity index (χ1n) is 5.29. The summed E-state index contributed by atoms with van der Waals surface area (Å²) in [7, 11) is 0. The van der Waals surface area contributed by atoms with E-state index in [1.165, 1.54) is 0 Å². The van der Waals surface area contributed by atoms with Crippen LogP contribution in [0.2, 0.25) is 10.0 Å². The highest BCUT2D eigenvalue weighted by Gasteiger charge is 2.11. The maximum Gasteiger partial charge on any atom is 0.167 e. The molecular formula is C14H9BrCl2O. The molecule has 2 rings (SSSR count). The molecule has 0 spiro atoms. The first kappa shape index (κ1) is 13.6. The monoisotopic (exact) mass is 342 g/mol. The summed E-state index contributed by atoms with van der Waals surface area (Å²) in [4.78, 5) is 12.1. The summed E-state index contributed by atoms with van der Waals surface area (Å²) in [6.45, 7) is 0. The van der Waals surface area contributed by atoms with Crippen LogP contribution in [0, 0.1) is 0 Å². The minimum atomic E-state index is 0.0143. The molecule has 92 valence electrons. The number of hydrogen-bond acceptors (Lipinski definition) is 1. The van der Waals surface area contributed by atoms with Crippen molar-refractivity contribution in [3.63, 3.8) is 0 Å². The Labute approximate surface area is 124 Å². The van der Waals surface area contributed by atoms with Crippen molar-refractivity contribution in [3.8, 4) is 0 Å². The van der Waals surface area contributed by atoms with Gasteiger partial charge in [-0.25, -0.2) is 0 Å². The van der Waals surface area contributed by atoms with Crippen molar-refractivity contribution in [2.45, 2.75) is 6.42 Å². The maximum absolute atomic E-state index is 12.1. The lowest BCUT2D eigenvalue weighted by Crippen LogP contribution is -2.04. The van der Waals surface area contributed by atoms with Gasteiger partial charge >= 0.3 is 0 Å². The van der Waals surface area contributed by atoms with Crippen molar-refractivity contribution < 1.29 is 4.79 Å². The van der Waals surface area contributed by atoms with E-state index in [-0.39, 0.29) is 12.2 Å². The fraction of sp³-hybridized carbons (Fsp3) is 0.0714. The van der Waals surface area contributed by atoms with E-state index in [2.05, 4.69) is 15.9 Å². The van der Waals surface area contributed by atoms with Gasteiger partial charge in [-0.3, -0.25) is 4.79 Å². The van der Waals surface area contributed by atoms with Gasteiger partial charge in [-0.05, 0) is 23.8 Å². The molecule has 4 heteroatoms. The average molecular weight is 344 g/mol. The maximum atomic E-state index is 12.1. The van der Waals surface area contributed by atoms with Crippen LogP contribution < -0.4 is 0 Å². The number of hydrogen-bond donors (Lipinski definition) is 0. The second kappa shape index (κ2) is 5.87. The van der Waals surface area contributed by atoms with Crippen LogP contribution in [0.15, 0.2) is 46.9 Å². The van der Waals surface area contributed by atoms with Gasteiger partial charge in [0.1, 0.15) is 0 Å². The van der Waals surface area contributed by atoms with E-state index in [1.807, 2.05) is 18.2 Å². The van der Waals surface area contributed by atoms with E-state index < -0.39 is 0 Å². The molecule has 0 saturated heterocycles. The van der Waals surface area contributed by atoms with Gasteiger partial charge in [-0.2, -0.15) is 0 Å². The second-order valence-corrected chi connectivity index (χ2v) is 5.52. The quantitative estimate of drug-likeness (QED) is 0.701. The van der Waals surface area contributed by atoms with Gasteiger partial charge in [-0.1, -0.05) is 63.4 Å². The lowest BCUT2D eigenvalue weighted by atomic mass is 10.0. The topological polar surface area (TPSA) is 17.1 Å². The molecule has 18 heavy (non-hydrogen) atoms. The largest absolute Gasteiger partial charge is 0.294 e. The van der Waals surface area contributed by atoms with Gasteiger partial charge in [-0.15, -0.1) is 0 Å². The van der Waals surface area contributed by atoms with E-state index in [0.717, 1.165) is 10.0 Å². The lowest BCUT2D eigenvalue weighted by molar-refractivity contribution is 0.0993. The molecule has 0 heterocycles. The number of carbonyl (C=O) groups excluding carboxylic acids is 1. The molecule has 0 N–H and O–H groups in total. The zero-order chi connectivity index (χ0) is 13.1. The van der Waals surface area contributed by atoms with E-state index in [4.69, 9.17) is 23.2 Å². The fourth-order valence-corrected chi connectivity index (χ4v) is 2.41. The van der Waals surface area contributed by atoms with Gasteiger partial charge < -0.3 is 0 Å². The Balaban J connectivity index is 2.24. The van der Waals surface area contributed by atoms with Crippen molar-refractivity contribution in [3.05, 3.63) is 68.1 Å². The van der Waals surface area contributed by atoms with Crippen LogP contribution in [0.5, 0.6) is 0 Å². The third-order valence-corrected chi connectivity index (χ3v) is 3.88. The van der Waals surface area contributed by atoms with Gasteiger partial charge in [0.2, 0.25) is 0 Å². The molecule has 0 aliphatic rings. The van der Waals surface area contributed by atoms with Crippen LogP contribution in [-0.2, 0) is 6.42 Å². The van der Waals surface area contributed by atoms with Crippen molar-refractivity contribution in [1.29, 1.82) is 0 Å². The third-order valence-electron chi connectivity index (χ3n) is 2.53. The molecule has 0 unspecified atom stereocenters. The smallest absolute Gasteiger partial charge is 0.167 e. The zero-order valence-electron chi connectivity index (χ0n) is 9.29. The number of ketones is 1. The first-order chi connectivity index (χ1) is 8.58. The highest BCUT2D eigenvalue weighted by Crippen LogP contribution is 2.26. The summed E-state index contributed by atoms with van der Waals surface area (Å²) in [5.41, 5.74) is 1.40. The normalized spacial score (nSPS) is 10.4. The standard InChI is InChI=1S/C14H9BrCl2O/c15-11-5-1-3-9(7-11)13(18)8-10-4-2-6-12(16)14(10)17/h1-7H,8H2. The molecule has 0 saturated carbocycles. The molecule has 0 bridgehead atoms. The summed E-state index contributed by atoms with van der Waals surface area (Å²) in [5.74, 6) is 0.0143. The van der Waals surface area contributed by atoms with Gasteiger partial charge in [0.15, 0.2) is 5.78 Å². The van der Waals surface area contributed by atoms with Crippen molar-refractivity contribution >= 4 is 44.9 Å². The molecule has 0 atom stereocenters. The van der Waals surface area contributed by atoms with Crippen LogP contribution >= 0.6 is 39.1 Å². The fourth-order valence-electron chi connectivity index (χ4n) is 1.62. The number of rotatable bonds is 3. The van der Waals surface area contributed by atoms with Gasteiger partial charge in [0.05, 0.1) is 10.0 Å². The average Bonchev–Trinajstić information content (AvgIpc) is 2.35. The number of carbonyl (C=O) groups is 1. The predicted octanol–water partition coefficient (Wildman–Crippen LogP) is 5.18. The van der Waals surface area contributed by atoms with Crippen molar-refractivity contribution in [2.24, 2.45) is 0 Å². The number of benzene rings is 2. The van der Waals surface area contributed by atoms with Gasteiger partial charge in [0, 0.05) is 16.5 Å². The SMILES string of the molecule is O=C(Cc1cccc(Cl)c1Cl)c1cccc(Br)c1. The Bertz CT molecular complexity index is 596. The minimum Gasteiger partial charge on any atom is -0.294 e. The Morgan fingerprint density at radius 3 is 2.56 bits per heavy atom. The Morgan fingerprint density at radius 1 is 1.11 bits per heavy atom. The predicted molar refractivity (Wildman–Crippen MR) is 78.6 cm³/mol. The highest BCUT2D eigenvalue weighted by molar-refractivity contribution is 9.10. The summed E-state index contributed by atoms with van der Waals surface area (Å²) in [6.07, 6.45) is 0.246.